The first-order chi connectivity index (χ1) is 10.2. The Morgan fingerprint density at radius 1 is 1.19 bits per heavy atom. The van der Waals surface area contributed by atoms with Gasteiger partial charge in [-0.25, -0.2) is 4.98 Å². The molecule has 3 nitrogen and oxygen atoms in total. The molecule has 0 fully saturated rings. The molecule has 1 amide bonds. The maximum absolute atomic E-state index is 11.9. The molecule has 0 aliphatic heterocycles. The van der Waals surface area contributed by atoms with Gasteiger partial charge in [-0.1, -0.05) is 47.2 Å². The van der Waals surface area contributed by atoms with E-state index in [1.807, 2.05) is 36.4 Å². The van der Waals surface area contributed by atoms with Gasteiger partial charge in [0.25, 0.3) is 0 Å². The number of para-hydroxylation sites is 1. The highest BCUT2D eigenvalue weighted by molar-refractivity contribution is 7.22. The second-order valence-corrected chi connectivity index (χ2v) is 5.83. The zero-order valence-corrected chi connectivity index (χ0v) is 12.5. The van der Waals surface area contributed by atoms with Crippen molar-refractivity contribution in [3.8, 4) is 0 Å². The first kappa shape index (κ1) is 13.8. The van der Waals surface area contributed by atoms with E-state index >= 15 is 0 Å². The van der Waals surface area contributed by atoms with Crippen LogP contribution < -0.4 is 5.32 Å². The standard InChI is InChI=1S/C16H11ClN2OS/c17-12-5-3-4-11(10-12)8-9-15(20)19-16-18-13-6-1-2-7-14(13)21-16/h1-10H,(H,18,19,20). The first-order valence-electron chi connectivity index (χ1n) is 6.31. The number of rotatable bonds is 3. The summed E-state index contributed by atoms with van der Waals surface area (Å²) in [6.07, 6.45) is 3.19. The third-order valence-electron chi connectivity index (χ3n) is 2.80. The van der Waals surface area contributed by atoms with E-state index in [2.05, 4.69) is 10.3 Å². The molecule has 1 heterocycles. The van der Waals surface area contributed by atoms with Gasteiger partial charge in [0.2, 0.25) is 5.91 Å². The van der Waals surface area contributed by atoms with Crippen LogP contribution in [0.3, 0.4) is 0 Å². The summed E-state index contributed by atoms with van der Waals surface area (Å²) in [5, 5.41) is 4.00. The highest BCUT2D eigenvalue weighted by atomic mass is 35.5. The number of benzene rings is 2. The average Bonchev–Trinajstić information content (AvgIpc) is 2.87. The number of carbonyl (C=O) groups is 1. The largest absolute Gasteiger partial charge is 0.298 e. The van der Waals surface area contributed by atoms with Crippen molar-refractivity contribution < 1.29 is 4.79 Å². The van der Waals surface area contributed by atoms with Crippen LogP contribution in [0.25, 0.3) is 16.3 Å². The zero-order chi connectivity index (χ0) is 14.7. The SMILES string of the molecule is O=C(C=Cc1cccc(Cl)c1)Nc1nc2ccccc2s1. The number of hydrogen-bond acceptors (Lipinski definition) is 3. The lowest BCUT2D eigenvalue weighted by molar-refractivity contribution is -0.111. The van der Waals surface area contributed by atoms with Crippen molar-refractivity contribution in [2.45, 2.75) is 0 Å². The molecule has 0 aliphatic carbocycles. The average molecular weight is 315 g/mol. The number of amides is 1. The summed E-state index contributed by atoms with van der Waals surface area (Å²) in [4.78, 5) is 16.2. The molecule has 1 aromatic heterocycles. The number of thiazole rings is 1. The van der Waals surface area contributed by atoms with E-state index in [1.165, 1.54) is 17.4 Å². The van der Waals surface area contributed by atoms with Gasteiger partial charge in [0.05, 0.1) is 10.2 Å². The highest BCUT2D eigenvalue weighted by Crippen LogP contribution is 2.25. The second kappa shape index (κ2) is 6.08. The van der Waals surface area contributed by atoms with Crippen LogP contribution in [0.2, 0.25) is 5.02 Å². The molecule has 104 valence electrons. The first-order valence-corrected chi connectivity index (χ1v) is 7.50. The Morgan fingerprint density at radius 3 is 2.86 bits per heavy atom. The number of carbonyl (C=O) groups excluding carboxylic acids is 1. The van der Waals surface area contributed by atoms with Crippen LogP contribution >= 0.6 is 22.9 Å². The van der Waals surface area contributed by atoms with E-state index in [4.69, 9.17) is 11.6 Å². The molecule has 0 spiro atoms. The lowest BCUT2D eigenvalue weighted by Crippen LogP contribution is -2.07. The molecule has 0 unspecified atom stereocenters. The number of nitrogens with zero attached hydrogens (tertiary/aromatic N) is 1. The van der Waals surface area contributed by atoms with Crippen LogP contribution in [-0.2, 0) is 4.79 Å². The minimum atomic E-state index is -0.214. The van der Waals surface area contributed by atoms with E-state index in [0.717, 1.165) is 15.8 Å². The normalized spacial score (nSPS) is 11.1. The number of halogens is 1. The molecule has 0 atom stereocenters. The monoisotopic (exact) mass is 314 g/mol. The summed E-state index contributed by atoms with van der Waals surface area (Å²) in [6, 6.07) is 15.1. The molecule has 3 aromatic rings. The zero-order valence-electron chi connectivity index (χ0n) is 10.9. The maximum atomic E-state index is 11.9. The van der Waals surface area contributed by atoms with Gasteiger partial charge in [0.15, 0.2) is 5.13 Å². The number of nitrogens with one attached hydrogen (secondary N) is 1. The number of hydrogen-bond donors (Lipinski definition) is 1. The van der Waals surface area contributed by atoms with Gasteiger partial charge in [-0.05, 0) is 35.9 Å². The van der Waals surface area contributed by atoms with E-state index in [1.54, 1.807) is 18.2 Å². The van der Waals surface area contributed by atoms with Crippen molar-refractivity contribution in [1.82, 2.24) is 4.98 Å². The van der Waals surface area contributed by atoms with Crippen LogP contribution in [0.1, 0.15) is 5.56 Å². The smallest absolute Gasteiger partial charge is 0.250 e. The predicted octanol–water partition coefficient (Wildman–Crippen LogP) is 4.60. The molecule has 2 aromatic carbocycles. The van der Waals surface area contributed by atoms with Crippen molar-refractivity contribution in [3.05, 3.63) is 65.2 Å². The molecular formula is C16H11ClN2OS. The molecule has 3 rings (SSSR count). The lowest BCUT2D eigenvalue weighted by atomic mass is 10.2. The van der Waals surface area contributed by atoms with E-state index < -0.39 is 0 Å². The fraction of sp³-hybridized carbons (Fsp3) is 0. The Kier molecular flexibility index (Phi) is 3.99. The van der Waals surface area contributed by atoms with Crippen molar-refractivity contribution >= 4 is 50.3 Å². The van der Waals surface area contributed by atoms with Gasteiger partial charge in [-0.3, -0.25) is 10.1 Å². The molecule has 0 aliphatic rings. The molecule has 0 radical (unpaired) electrons. The van der Waals surface area contributed by atoms with Gasteiger partial charge in [-0.15, -0.1) is 0 Å². The van der Waals surface area contributed by atoms with E-state index in [-0.39, 0.29) is 5.91 Å². The summed E-state index contributed by atoms with van der Waals surface area (Å²) < 4.78 is 1.05. The Labute approximate surface area is 130 Å². The Balaban J connectivity index is 1.71. The summed E-state index contributed by atoms with van der Waals surface area (Å²) in [5.74, 6) is -0.214. The summed E-state index contributed by atoms with van der Waals surface area (Å²) >= 11 is 7.34. The summed E-state index contributed by atoms with van der Waals surface area (Å²) in [5.41, 5.74) is 1.76. The fourth-order valence-corrected chi connectivity index (χ4v) is 2.92. The van der Waals surface area contributed by atoms with Gasteiger partial charge in [0, 0.05) is 11.1 Å². The quantitative estimate of drug-likeness (QED) is 0.718. The molecule has 0 saturated heterocycles. The Bertz CT molecular complexity index is 793. The molecule has 5 heteroatoms. The highest BCUT2D eigenvalue weighted by Gasteiger charge is 2.04. The molecule has 21 heavy (non-hydrogen) atoms. The Morgan fingerprint density at radius 2 is 2.05 bits per heavy atom. The number of aromatic nitrogens is 1. The Hall–Kier alpha value is -2.17. The molecular weight excluding hydrogens is 304 g/mol. The third-order valence-corrected chi connectivity index (χ3v) is 3.99. The van der Waals surface area contributed by atoms with Gasteiger partial charge < -0.3 is 0 Å². The van der Waals surface area contributed by atoms with Crippen LogP contribution in [0.15, 0.2) is 54.6 Å². The van der Waals surface area contributed by atoms with Crippen LogP contribution in [-0.4, -0.2) is 10.9 Å². The lowest BCUT2D eigenvalue weighted by Gasteiger charge is -1.96. The van der Waals surface area contributed by atoms with Crippen LogP contribution in [0.4, 0.5) is 5.13 Å². The minimum absolute atomic E-state index is 0.214. The third kappa shape index (κ3) is 3.48. The maximum Gasteiger partial charge on any atom is 0.250 e. The summed E-state index contributed by atoms with van der Waals surface area (Å²) in [6.45, 7) is 0. The van der Waals surface area contributed by atoms with Gasteiger partial charge in [0.1, 0.15) is 0 Å². The fourth-order valence-electron chi connectivity index (χ4n) is 1.85. The van der Waals surface area contributed by atoms with Crippen molar-refractivity contribution in [3.63, 3.8) is 0 Å². The second-order valence-electron chi connectivity index (χ2n) is 4.36. The predicted molar refractivity (Wildman–Crippen MR) is 88.7 cm³/mol. The van der Waals surface area contributed by atoms with Crippen molar-refractivity contribution in [1.29, 1.82) is 0 Å². The van der Waals surface area contributed by atoms with Crippen LogP contribution in [0.5, 0.6) is 0 Å². The number of anilines is 1. The summed E-state index contributed by atoms with van der Waals surface area (Å²) in [7, 11) is 0. The van der Waals surface area contributed by atoms with Gasteiger partial charge >= 0.3 is 0 Å². The minimum Gasteiger partial charge on any atom is -0.298 e. The molecule has 1 N–H and O–H groups in total. The molecule has 0 saturated carbocycles. The van der Waals surface area contributed by atoms with Crippen molar-refractivity contribution in [2.24, 2.45) is 0 Å². The topological polar surface area (TPSA) is 42.0 Å². The van der Waals surface area contributed by atoms with Gasteiger partial charge in [-0.2, -0.15) is 0 Å². The number of fused-ring (bicyclic) bond motifs is 1. The van der Waals surface area contributed by atoms with Crippen LogP contribution in [0, 0.1) is 0 Å². The van der Waals surface area contributed by atoms with E-state index in [0.29, 0.717) is 10.2 Å². The molecule has 0 bridgehead atoms. The van der Waals surface area contributed by atoms with E-state index in [9.17, 15) is 4.79 Å². The van der Waals surface area contributed by atoms with Crippen molar-refractivity contribution in [2.75, 3.05) is 5.32 Å².